The Kier molecular flexibility index (Phi) is 3.93. The average molecular weight is 287 g/mol. The van der Waals surface area contributed by atoms with Crippen molar-refractivity contribution >= 4 is 27.5 Å². The van der Waals surface area contributed by atoms with Gasteiger partial charge in [0.2, 0.25) is 0 Å². The molecule has 88 valence electrons. The summed E-state index contributed by atoms with van der Waals surface area (Å²) in [5.74, 6) is -0.263. The number of anilines is 1. The second kappa shape index (κ2) is 4.84. The first-order valence-electron chi connectivity index (χ1n) is 4.86. The van der Waals surface area contributed by atoms with Gasteiger partial charge in [-0.2, -0.15) is 0 Å². The van der Waals surface area contributed by atoms with Gasteiger partial charge in [0.1, 0.15) is 0 Å². The third-order valence-corrected chi connectivity index (χ3v) is 2.84. The molecule has 1 aromatic rings. The highest BCUT2D eigenvalue weighted by Crippen LogP contribution is 2.23. The van der Waals surface area contributed by atoms with Gasteiger partial charge >= 0.3 is 0 Å². The molecule has 0 aromatic heterocycles. The zero-order valence-electron chi connectivity index (χ0n) is 9.25. The fourth-order valence-corrected chi connectivity index (χ4v) is 1.56. The molecule has 0 fully saturated rings. The molecule has 0 aliphatic heterocycles. The highest BCUT2D eigenvalue weighted by Gasteiger charge is 2.16. The lowest BCUT2D eigenvalue weighted by Gasteiger charge is -2.18. The standard InChI is InChI=1S/C11H15BrN2O2/c1-11(2,16)6-14-10(15)7-4-3-5-8(13)9(7)12/h3-5,16H,6,13H2,1-2H3,(H,14,15). The van der Waals surface area contributed by atoms with E-state index >= 15 is 0 Å². The van der Waals surface area contributed by atoms with Crippen LogP contribution in [0.4, 0.5) is 5.69 Å². The summed E-state index contributed by atoms with van der Waals surface area (Å²) in [5, 5.41) is 12.1. The first kappa shape index (κ1) is 13.0. The molecular formula is C11H15BrN2O2. The fourth-order valence-electron chi connectivity index (χ4n) is 1.12. The number of aliphatic hydroxyl groups is 1. The van der Waals surface area contributed by atoms with E-state index in [-0.39, 0.29) is 12.5 Å². The summed E-state index contributed by atoms with van der Waals surface area (Å²) in [4.78, 5) is 11.8. The predicted octanol–water partition coefficient (Wildman–Crippen LogP) is 1.53. The van der Waals surface area contributed by atoms with Crippen molar-refractivity contribution in [3.63, 3.8) is 0 Å². The van der Waals surface area contributed by atoms with Crippen LogP contribution >= 0.6 is 15.9 Å². The van der Waals surface area contributed by atoms with Crippen molar-refractivity contribution in [1.29, 1.82) is 0 Å². The number of nitrogens with two attached hydrogens (primary N) is 1. The molecule has 0 aliphatic rings. The van der Waals surface area contributed by atoms with Crippen LogP contribution in [0.3, 0.4) is 0 Å². The molecule has 0 saturated carbocycles. The molecule has 0 atom stereocenters. The van der Waals surface area contributed by atoms with Gasteiger partial charge in [-0.3, -0.25) is 4.79 Å². The number of carbonyl (C=O) groups excluding carboxylic acids is 1. The second-order valence-corrected chi connectivity index (χ2v) is 5.00. The number of amides is 1. The Morgan fingerprint density at radius 3 is 2.75 bits per heavy atom. The van der Waals surface area contributed by atoms with Gasteiger partial charge in [0.15, 0.2) is 0 Å². The Morgan fingerprint density at radius 1 is 1.56 bits per heavy atom. The minimum atomic E-state index is -0.928. The molecule has 1 rings (SSSR count). The summed E-state index contributed by atoms with van der Waals surface area (Å²) in [6.07, 6.45) is 0. The zero-order chi connectivity index (χ0) is 12.3. The molecule has 0 unspecified atom stereocenters. The SMILES string of the molecule is CC(C)(O)CNC(=O)c1cccc(N)c1Br. The van der Waals surface area contributed by atoms with Gasteiger partial charge in [-0.15, -0.1) is 0 Å². The van der Waals surface area contributed by atoms with Crippen molar-refractivity contribution in [2.45, 2.75) is 19.4 Å². The summed E-state index contributed by atoms with van der Waals surface area (Å²) in [5.41, 5.74) is 5.71. The second-order valence-electron chi connectivity index (χ2n) is 4.20. The zero-order valence-corrected chi connectivity index (χ0v) is 10.8. The van der Waals surface area contributed by atoms with Gasteiger partial charge in [0, 0.05) is 12.2 Å². The van der Waals surface area contributed by atoms with Crippen LogP contribution in [0.1, 0.15) is 24.2 Å². The van der Waals surface area contributed by atoms with Crippen molar-refractivity contribution in [2.75, 3.05) is 12.3 Å². The van der Waals surface area contributed by atoms with Gasteiger partial charge in [0.25, 0.3) is 5.91 Å². The van der Waals surface area contributed by atoms with Gasteiger partial charge in [-0.05, 0) is 41.9 Å². The van der Waals surface area contributed by atoms with Crippen molar-refractivity contribution in [2.24, 2.45) is 0 Å². The number of hydrogen-bond acceptors (Lipinski definition) is 3. The maximum Gasteiger partial charge on any atom is 0.252 e. The Balaban J connectivity index is 2.78. The first-order chi connectivity index (χ1) is 7.31. The van der Waals surface area contributed by atoms with Crippen LogP contribution in [0.5, 0.6) is 0 Å². The molecule has 16 heavy (non-hydrogen) atoms. The number of rotatable bonds is 3. The summed E-state index contributed by atoms with van der Waals surface area (Å²) in [6, 6.07) is 5.08. The number of hydrogen-bond donors (Lipinski definition) is 3. The third-order valence-electron chi connectivity index (χ3n) is 1.95. The van der Waals surface area contributed by atoms with E-state index in [2.05, 4.69) is 21.2 Å². The van der Waals surface area contributed by atoms with E-state index in [1.807, 2.05) is 0 Å². The minimum Gasteiger partial charge on any atom is -0.398 e. The van der Waals surface area contributed by atoms with Crippen LogP contribution in [0.15, 0.2) is 22.7 Å². The molecule has 0 saturated heterocycles. The molecule has 0 aliphatic carbocycles. The van der Waals surface area contributed by atoms with Crippen molar-refractivity contribution in [3.8, 4) is 0 Å². The Hall–Kier alpha value is -1.07. The van der Waals surface area contributed by atoms with Gasteiger partial charge in [-0.1, -0.05) is 6.07 Å². The summed E-state index contributed by atoms with van der Waals surface area (Å²) < 4.78 is 0.572. The van der Waals surface area contributed by atoms with Crippen molar-refractivity contribution < 1.29 is 9.90 Å². The quantitative estimate of drug-likeness (QED) is 0.738. The maximum atomic E-state index is 11.8. The highest BCUT2D eigenvalue weighted by molar-refractivity contribution is 9.10. The molecular weight excluding hydrogens is 272 g/mol. The maximum absolute atomic E-state index is 11.8. The fraction of sp³-hybridized carbons (Fsp3) is 0.364. The van der Waals surface area contributed by atoms with E-state index in [0.717, 1.165) is 0 Å². The molecule has 5 heteroatoms. The van der Waals surface area contributed by atoms with Crippen LogP contribution < -0.4 is 11.1 Å². The molecule has 1 amide bonds. The van der Waals surface area contributed by atoms with Gasteiger partial charge in [0.05, 0.1) is 15.6 Å². The highest BCUT2D eigenvalue weighted by atomic mass is 79.9. The lowest BCUT2D eigenvalue weighted by molar-refractivity contribution is 0.0694. The normalized spacial score (nSPS) is 11.2. The minimum absolute atomic E-state index is 0.188. The van der Waals surface area contributed by atoms with Crippen LogP contribution in [0, 0.1) is 0 Å². The lowest BCUT2D eigenvalue weighted by atomic mass is 10.1. The number of nitrogens with one attached hydrogen (secondary N) is 1. The molecule has 0 radical (unpaired) electrons. The van der Waals surface area contributed by atoms with E-state index in [9.17, 15) is 9.90 Å². The smallest absolute Gasteiger partial charge is 0.252 e. The van der Waals surface area contributed by atoms with E-state index in [1.54, 1.807) is 32.0 Å². The van der Waals surface area contributed by atoms with Crippen molar-refractivity contribution in [1.82, 2.24) is 5.32 Å². The van der Waals surface area contributed by atoms with E-state index in [4.69, 9.17) is 5.73 Å². The molecule has 1 aromatic carbocycles. The van der Waals surface area contributed by atoms with Crippen LogP contribution in [-0.4, -0.2) is 23.2 Å². The van der Waals surface area contributed by atoms with Gasteiger partial charge < -0.3 is 16.2 Å². The molecule has 0 bridgehead atoms. The summed E-state index contributed by atoms with van der Waals surface area (Å²) >= 11 is 3.25. The molecule has 4 N–H and O–H groups in total. The Labute approximate surface area is 103 Å². The lowest BCUT2D eigenvalue weighted by Crippen LogP contribution is -2.38. The van der Waals surface area contributed by atoms with Crippen LogP contribution in [0.25, 0.3) is 0 Å². The summed E-state index contributed by atoms with van der Waals surface area (Å²) in [6.45, 7) is 3.44. The van der Waals surface area contributed by atoms with Crippen LogP contribution in [0.2, 0.25) is 0 Å². The average Bonchev–Trinajstić information content (AvgIpc) is 2.17. The first-order valence-corrected chi connectivity index (χ1v) is 5.65. The largest absolute Gasteiger partial charge is 0.398 e. The number of nitrogen functional groups attached to an aromatic ring is 1. The monoisotopic (exact) mass is 286 g/mol. The van der Waals surface area contributed by atoms with Crippen LogP contribution in [-0.2, 0) is 0 Å². The Bertz CT molecular complexity index is 399. The molecule has 4 nitrogen and oxygen atoms in total. The predicted molar refractivity (Wildman–Crippen MR) is 67.2 cm³/mol. The number of carbonyl (C=O) groups is 1. The van der Waals surface area contributed by atoms with E-state index < -0.39 is 5.60 Å². The number of benzene rings is 1. The number of halogens is 1. The molecule has 0 spiro atoms. The van der Waals surface area contributed by atoms with E-state index in [1.165, 1.54) is 0 Å². The summed E-state index contributed by atoms with van der Waals surface area (Å²) in [7, 11) is 0. The van der Waals surface area contributed by atoms with E-state index in [0.29, 0.717) is 15.7 Å². The van der Waals surface area contributed by atoms with Gasteiger partial charge in [-0.25, -0.2) is 0 Å². The van der Waals surface area contributed by atoms with Crippen molar-refractivity contribution in [3.05, 3.63) is 28.2 Å². The Morgan fingerprint density at radius 2 is 2.19 bits per heavy atom. The third kappa shape index (κ3) is 3.50. The topological polar surface area (TPSA) is 75.3 Å². The molecule has 0 heterocycles.